The van der Waals surface area contributed by atoms with E-state index in [1.54, 1.807) is 13.3 Å². The Morgan fingerprint density at radius 1 is 1.45 bits per heavy atom. The van der Waals surface area contributed by atoms with Gasteiger partial charge in [-0.2, -0.15) is 0 Å². The minimum Gasteiger partial charge on any atom is -0.385 e. The number of piperidine rings is 1. The third-order valence-electron chi connectivity index (χ3n) is 4.24. The quantitative estimate of drug-likeness (QED) is 0.750. The lowest BCUT2D eigenvalue weighted by molar-refractivity contribution is -0.0470. The largest absolute Gasteiger partial charge is 0.385 e. The van der Waals surface area contributed by atoms with Crippen LogP contribution in [-0.2, 0) is 10.3 Å². The molecule has 1 aromatic rings. The summed E-state index contributed by atoms with van der Waals surface area (Å²) in [5, 5.41) is 14.7. The van der Waals surface area contributed by atoms with Gasteiger partial charge in [-0.25, -0.2) is 0 Å². The first-order valence-electron chi connectivity index (χ1n) is 7.61. The summed E-state index contributed by atoms with van der Waals surface area (Å²) in [6, 6.07) is 5.80. The van der Waals surface area contributed by atoms with Crippen molar-refractivity contribution in [3.05, 3.63) is 30.1 Å². The van der Waals surface area contributed by atoms with Gasteiger partial charge in [0.1, 0.15) is 5.60 Å². The first-order chi connectivity index (χ1) is 9.77. The zero-order valence-corrected chi connectivity index (χ0v) is 12.3. The van der Waals surface area contributed by atoms with Gasteiger partial charge < -0.3 is 15.2 Å². The van der Waals surface area contributed by atoms with Gasteiger partial charge in [-0.15, -0.1) is 0 Å². The van der Waals surface area contributed by atoms with Crippen molar-refractivity contribution >= 4 is 0 Å². The van der Waals surface area contributed by atoms with E-state index in [2.05, 4.69) is 10.3 Å². The van der Waals surface area contributed by atoms with Crippen molar-refractivity contribution in [1.82, 2.24) is 10.3 Å². The Bertz CT molecular complexity index is 379. The average Bonchev–Trinajstić information content (AvgIpc) is 2.53. The van der Waals surface area contributed by atoms with Crippen molar-refractivity contribution in [2.45, 2.75) is 37.7 Å². The molecule has 0 bridgehead atoms. The molecule has 0 amide bonds. The highest BCUT2D eigenvalue weighted by Crippen LogP contribution is 2.37. The van der Waals surface area contributed by atoms with Gasteiger partial charge >= 0.3 is 0 Å². The number of aliphatic hydroxyl groups is 1. The topological polar surface area (TPSA) is 54.4 Å². The zero-order valence-electron chi connectivity index (χ0n) is 12.3. The predicted molar refractivity (Wildman–Crippen MR) is 79.5 cm³/mol. The van der Waals surface area contributed by atoms with Crippen LogP contribution in [0, 0.1) is 5.92 Å². The van der Waals surface area contributed by atoms with Gasteiger partial charge in [-0.3, -0.25) is 4.98 Å². The fourth-order valence-electron chi connectivity index (χ4n) is 3.06. The van der Waals surface area contributed by atoms with Crippen LogP contribution in [0.3, 0.4) is 0 Å². The number of hydrogen-bond donors (Lipinski definition) is 2. The van der Waals surface area contributed by atoms with Crippen LogP contribution >= 0.6 is 0 Å². The first-order valence-corrected chi connectivity index (χ1v) is 7.61. The average molecular weight is 278 g/mol. The van der Waals surface area contributed by atoms with E-state index in [9.17, 15) is 5.11 Å². The van der Waals surface area contributed by atoms with Gasteiger partial charge in [0.25, 0.3) is 0 Å². The molecule has 2 atom stereocenters. The normalized spacial score (nSPS) is 22.4. The third kappa shape index (κ3) is 3.78. The standard InChI is InChI=1S/C16H26N2O2/c1-20-12-5-3-9-16(19,14-7-6-10-17-13-14)15-8-2-4-11-18-15/h2,4,8,11,14,17,19H,3,5-7,9-10,12-13H2,1H3/t14?,16-/m0/s1. The molecule has 4 heteroatoms. The molecule has 0 spiro atoms. The Kier molecular flexibility index (Phi) is 5.95. The van der Waals surface area contributed by atoms with Crippen LogP contribution in [0.15, 0.2) is 24.4 Å². The number of methoxy groups -OCH3 is 1. The number of nitrogens with one attached hydrogen (secondary N) is 1. The second-order valence-electron chi connectivity index (χ2n) is 5.63. The summed E-state index contributed by atoms with van der Waals surface area (Å²) in [6.07, 6.45) is 6.64. The number of rotatable bonds is 7. The molecule has 0 saturated carbocycles. The summed E-state index contributed by atoms with van der Waals surface area (Å²) in [6.45, 7) is 2.68. The molecular formula is C16H26N2O2. The van der Waals surface area contributed by atoms with Crippen molar-refractivity contribution < 1.29 is 9.84 Å². The van der Waals surface area contributed by atoms with E-state index in [1.165, 1.54) is 0 Å². The minimum absolute atomic E-state index is 0.244. The van der Waals surface area contributed by atoms with Gasteiger partial charge in [-0.05, 0) is 50.8 Å². The molecular weight excluding hydrogens is 252 g/mol. The van der Waals surface area contributed by atoms with Gasteiger partial charge in [0, 0.05) is 32.4 Å². The number of aromatic nitrogens is 1. The summed E-state index contributed by atoms with van der Waals surface area (Å²) in [4.78, 5) is 4.42. The molecule has 2 heterocycles. The molecule has 2 rings (SSSR count). The maximum absolute atomic E-state index is 11.3. The summed E-state index contributed by atoms with van der Waals surface area (Å²) in [5.41, 5.74) is -0.00582. The Labute approximate surface area is 121 Å². The van der Waals surface area contributed by atoms with Crippen LogP contribution in [0.25, 0.3) is 0 Å². The lowest BCUT2D eigenvalue weighted by Gasteiger charge is -2.38. The van der Waals surface area contributed by atoms with Crippen molar-refractivity contribution in [1.29, 1.82) is 0 Å². The second kappa shape index (κ2) is 7.72. The highest BCUT2D eigenvalue weighted by molar-refractivity contribution is 5.15. The van der Waals surface area contributed by atoms with Crippen LogP contribution in [-0.4, -0.2) is 36.9 Å². The van der Waals surface area contributed by atoms with E-state index < -0.39 is 5.60 Å². The van der Waals surface area contributed by atoms with E-state index in [1.807, 2.05) is 18.2 Å². The summed E-state index contributed by atoms with van der Waals surface area (Å²) >= 11 is 0. The Morgan fingerprint density at radius 2 is 2.35 bits per heavy atom. The molecule has 1 fully saturated rings. The van der Waals surface area contributed by atoms with Crippen LogP contribution in [0.5, 0.6) is 0 Å². The predicted octanol–water partition coefficient (Wildman–Crippen LogP) is 2.09. The van der Waals surface area contributed by atoms with Crippen molar-refractivity contribution in [3.8, 4) is 0 Å². The lowest BCUT2D eigenvalue weighted by Crippen LogP contribution is -2.44. The highest BCUT2D eigenvalue weighted by Gasteiger charge is 2.39. The maximum atomic E-state index is 11.3. The smallest absolute Gasteiger partial charge is 0.110 e. The summed E-state index contributed by atoms with van der Waals surface area (Å²) < 4.78 is 5.10. The molecule has 1 unspecified atom stereocenters. The number of ether oxygens (including phenoxy) is 1. The van der Waals surface area contributed by atoms with E-state index >= 15 is 0 Å². The minimum atomic E-state index is -0.817. The zero-order chi connectivity index (χ0) is 14.3. The van der Waals surface area contributed by atoms with Crippen LogP contribution in [0.2, 0.25) is 0 Å². The van der Waals surface area contributed by atoms with Gasteiger partial charge in [-0.1, -0.05) is 6.07 Å². The number of nitrogens with zero attached hydrogens (tertiary/aromatic N) is 1. The Balaban J connectivity index is 2.09. The Hall–Kier alpha value is -0.970. The molecule has 1 aliphatic rings. The van der Waals surface area contributed by atoms with Gasteiger partial charge in [0.15, 0.2) is 0 Å². The fraction of sp³-hybridized carbons (Fsp3) is 0.688. The Morgan fingerprint density at radius 3 is 3.00 bits per heavy atom. The number of unbranched alkanes of at least 4 members (excludes halogenated alkanes) is 1. The maximum Gasteiger partial charge on any atom is 0.110 e. The molecule has 20 heavy (non-hydrogen) atoms. The molecule has 4 nitrogen and oxygen atoms in total. The van der Waals surface area contributed by atoms with E-state index in [-0.39, 0.29) is 5.92 Å². The fourth-order valence-corrected chi connectivity index (χ4v) is 3.06. The number of pyridine rings is 1. The molecule has 1 saturated heterocycles. The van der Waals surface area contributed by atoms with Crippen molar-refractivity contribution in [3.63, 3.8) is 0 Å². The summed E-state index contributed by atoms with van der Waals surface area (Å²) in [5.74, 6) is 0.244. The highest BCUT2D eigenvalue weighted by atomic mass is 16.5. The lowest BCUT2D eigenvalue weighted by atomic mass is 9.76. The first kappa shape index (κ1) is 15.4. The van der Waals surface area contributed by atoms with E-state index in [0.29, 0.717) is 0 Å². The molecule has 0 radical (unpaired) electrons. The monoisotopic (exact) mass is 278 g/mol. The molecule has 0 aliphatic carbocycles. The van der Waals surface area contributed by atoms with E-state index in [0.717, 1.165) is 57.5 Å². The van der Waals surface area contributed by atoms with Crippen molar-refractivity contribution in [2.75, 3.05) is 26.8 Å². The summed E-state index contributed by atoms with van der Waals surface area (Å²) in [7, 11) is 1.72. The van der Waals surface area contributed by atoms with Crippen LogP contribution in [0.4, 0.5) is 0 Å². The molecule has 1 aromatic heterocycles. The van der Waals surface area contributed by atoms with Gasteiger partial charge in [0.2, 0.25) is 0 Å². The molecule has 2 N–H and O–H groups in total. The van der Waals surface area contributed by atoms with Crippen molar-refractivity contribution in [2.24, 2.45) is 5.92 Å². The molecule has 112 valence electrons. The number of hydrogen-bond acceptors (Lipinski definition) is 4. The molecule has 0 aromatic carbocycles. The third-order valence-corrected chi connectivity index (χ3v) is 4.24. The van der Waals surface area contributed by atoms with Crippen LogP contribution in [0.1, 0.15) is 37.8 Å². The van der Waals surface area contributed by atoms with Gasteiger partial charge in [0.05, 0.1) is 5.69 Å². The van der Waals surface area contributed by atoms with E-state index in [4.69, 9.17) is 4.74 Å². The molecule has 1 aliphatic heterocycles. The van der Waals surface area contributed by atoms with Crippen LogP contribution < -0.4 is 5.32 Å². The SMILES string of the molecule is COCCCC[C@@](O)(c1ccccn1)C1CCCNC1. The second-order valence-corrected chi connectivity index (χ2v) is 5.63.